The Bertz CT molecular complexity index is 260. The molecule has 13 heavy (non-hydrogen) atoms. The molecule has 0 aromatic carbocycles. The van der Waals surface area contributed by atoms with E-state index in [0.29, 0.717) is 0 Å². The summed E-state index contributed by atoms with van der Waals surface area (Å²) in [6, 6.07) is 0. The minimum Gasteiger partial charge on any atom is -0.303 e. The first kappa shape index (κ1) is 13.5. The van der Waals surface area contributed by atoms with E-state index in [1.54, 1.807) is 0 Å². The van der Waals surface area contributed by atoms with Crippen molar-refractivity contribution in [2.75, 3.05) is 19.8 Å². The fourth-order valence-electron chi connectivity index (χ4n) is 1.63. The van der Waals surface area contributed by atoms with Crippen LogP contribution in [0.2, 0.25) is 0 Å². The van der Waals surface area contributed by atoms with Crippen molar-refractivity contribution in [2.24, 2.45) is 0 Å². The number of rotatable bonds is 3. The molecule has 0 amide bonds. The van der Waals surface area contributed by atoms with Gasteiger partial charge >= 0.3 is 0 Å². The first-order valence-electron chi connectivity index (χ1n) is 3.96. The molecule has 1 aliphatic carbocycles. The largest absolute Gasteiger partial charge is 0.303 e. The highest BCUT2D eigenvalue weighted by atomic mass is 35.7. The molecule has 0 bridgehead atoms. The molecule has 0 atom stereocenters. The van der Waals surface area contributed by atoms with Gasteiger partial charge in [0.15, 0.2) is 0 Å². The maximum atomic E-state index is 10.9. The van der Waals surface area contributed by atoms with Crippen molar-refractivity contribution < 1.29 is 8.42 Å². The average molecular weight is 248 g/mol. The molecule has 1 fully saturated rings. The highest BCUT2D eigenvalue weighted by Gasteiger charge is 2.42. The summed E-state index contributed by atoms with van der Waals surface area (Å²) in [5, 5.41) is 0. The van der Waals surface area contributed by atoms with Crippen molar-refractivity contribution >= 4 is 32.1 Å². The number of hydrogen-bond donors (Lipinski definition) is 0. The van der Waals surface area contributed by atoms with Gasteiger partial charge in [-0.1, -0.05) is 0 Å². The molecule has 0 aliphatic heterocycles. The van der Waals surface area contributed by atoms with Gasteiger partial charge in [0.2, 0.25) is 9.05 Å². The smallest absolute Gasteiger partial charge is 0.234 e. The van der Waals surface area contributed by atoms with Crippen molar-refractivity contribution in [2.45, 2.75) is 24.8 Å². The molecule has 0 N–H and O–H groups in total. The summed E-state index contributed by atoms with van der Waals surface area (Å²) in [5.41, 5.74) is -0.180. The van der Waals surface area contributed by atoms with Crippen LogP contribution in [0.25, 0.3) is 0 Å². The zero-order valence-corrected chi connectivity index (χ0v) is 10.2. The second-order valence-corrected chi connectivity index (χ2v) is 6.43. The van der Waals surface area contributed by atoms with Crippen LogP contribution in [0.15, 0.2) is 0 Å². The predicted molar refractivity (Wildman–Crippen MR) is 57.2 cm³/mol. The topological polar surface area (TPSA) is 37.4 Å². The van der Waals surface area contributed by atoms with Gasteiger partial charge in [0, 0.05) is 16.2 Å². The van der Waals surface area contributed by atoms with Crippen molar-refractivity contribution in [1.82, 2.24) is 4.90 Å². The molecule has 80 valence electrons. The lowest BCUT2D eigenvalue weighted by Gasteiger charge is -2.46. The van der Waals surface area contributed by atoms with Crippen molar-refractivity contribution in [3.63, 3.8) is 0 Å². The van der Waals surface area contributed by atoms with Gasteiger partial charge in [-0.15, -0.1) is 12.4 Å². The van der Waals surface area contributed by atoms with Gasteiger partial charge in [0.05, 0.1) is 5.75 Å². The van der Waals surface area contributed by atoms with Crippen LogP contribution in [-0.2, 0) is 9.05 Å². The van der Waals surface area contributed by atoms with Crippen molar-refractivity contribution in [3.05, 3.63) is 0 Å². The van der Waals surface area contributed by atoms with Gasteiger partial charge in [-0.3, -0.25) is 0 Å². The first-order chi connectivity index (χ1) is 5.36. The standard InChI is InChI=1S/C7H14ClNO2S.ClH/c1-9(2)7(4-3-5-7)6-12(8,10)11;/h3-6H2,1-2H3;1H. The molecule has 0 radical (unpaired) electrons. The Labute approximate surface area is 90.3 Å². The lowest BCUT2D eigenvalue weighted by Crippen LogP contribution is -2.54. The number of hydrogen-bond acceptors (Lipinski definition) is 3. The third-order valence-electron chi connectivity index (χ3n) is 2.67. The van der Waals surface area contributed by atoms with Crippen LogP contribution in [-0.4, -0.2) is 38.7 Å². The molecule has 0 aromatic rings. The van der Waals surface area contributed by atoms with Crippen LogP contribution in [0.1, 0.15) is 19.3 Å². The minimum atomic E-state index is -3.36. The van der Waals surface area contributed by atoms with E-state index in [-0.39, 0.29) is 23.7 Å². The Balaban J connectivity index is 0.00000144. The van der Waals surface area contributed by atoms with Gasteiger partial charge in [-0.05, 0) is 33.4 Å². The summed E-state index contributed by atoms with van der Waals surface area (Å²) in [6.45, 7) is 0. The van der Waals surface area contributed by atoms with Crippen LogP contribution in [0, 0.1) is 0 Å². The lowest BCUT2D eigenvalue weighted by molar-refractivity contribution is 0.0841. The molecule has 0 saturated heterocycles. The first-order valence-corrected chi connectivity index (χ1v) is 6.43. The monoisotopic (exact) mass is 247 g/mol. The quantitative estimate of drug-likeness (QED) is 0.709. The second kappa shape index (κ2) is 4.34. The van der Waals surface area contributed by atoms with E-state index < -0.39 is 9.05 Å². The Hall–Kier alpha value is 0.490. The van der Waals surface area contributed by atoms with Crippen LogP contribution >= 0.6 is 23.1 Å². The van der Waals surface area contributed by atoms with Gasteiger partial charge in [0.25, 0.3) is 0 Å². The van der Waals surface area contributed by atoms with Gasteiger partial charge in [-0.2, -0.15) is 0 Å². The third kappa shape index (κ3) is 3.27. The van der Waals surface area contributed by atoms with Crippen LogP contribution in [0.3, 0.4) is 0 Å². The second-order valence-electron chi connectivity index (χ2n) is 3.66. The zero-order chi connectivity index (χ0) is 9.41. The van der Waals surface area contributed by atoms with E-state index in [1.165, 1.54) is 0 Å². The normalized spacial score (nSPS) is 20.6. The van der Waals surface area contributed by atoms with Crippen LogP contribution in [0.5, 0.6) is 0 Å². The number of nitrogens with zero attached hydrogens (tertiary/aromatic N) is 1. The average Bonchev–Trinajstić information content (AvgIpc) is 1.75. The molecule has 3 nitrogen and oxygen atoms in total. The molecule has 6 heteroatoms. The maximum Gasteiger partial charge on any atom is 0.234 e. The Morgan fingerprint density at radius 1 is 1.38 bits per heavy atom. The molecule has 1 rings (SSSR count). The molecular weight excluding hydrogens is 233 g/mol. The molecule has 1 aliphatic rings. The lowest BCUT2D eigenvalue weighted by atomic mass is 9.77. The Morgan fingerprint density at radius 2 is 1.85 bits per heavy atom. The molecule has 1 saturated carbocycles. The van der Waals surface area contributed by atoms with Crippen LogP contribution < -0.4 is 0 Å². The summed E-state index contributed by atoms with van der Waals surface area (Å²) in [4.78, 5) is 1.97. The zero-order valence-electron chi connectivity index (χ0n) is 7.79. The summed E-state index contributed by atoms with van der Waals surface area (Å²) >= 11 is 0. The van der Waals surface area contributed by atoms with Crippen molar-refractivity contribution in [1.29, 1.82) is 0 Å². The summed E-state index contributed by atoms with van der Waals surface area (Å²) in [7, 11) is 5.67. The Morgan fingerprint density at radius 3 is 1.92 bits per heavy atom. The predicted octanol–water partition coefficient (Wildman–Crippen LogP) is 1.46. The summed E-state index contributed by atoms with van der Waals surface area (Å²) in [5.74, 6) is 0.0779. The van der Waals surface area contributed by atoms with Gasteiger partial charge < -0.3 is 4.90 Å². The highest BCUT2D eigenvalue weighted by Crippen LogP contribution is 2.37. The fraction of sp³-hybridized carbons (Fsp3) is 1.00. The molecule has 0 aromatic heterocycles. The van der Waals surface area contributed by atoms with E-state index >= 15 is 0 Å². The van der Waals surface area contributed by atoms with E-state index in [4.69, 9.17) is 10.7 Å². The van der Waals surface area contributed by atoms with Crippen molar-refractivity contribution in [3.8, 4) is 0 Å². The highest BCUT2D eigenvalue weighted by molar-refractivity contribution is 8.13. The molecule has 0 unspecified atom stereocenters. The van der Waals surface area contributed by atoms with E-state index in [0.717, 1.165) is 19.3 Å². The van der Waals surface area contributed by atoms with E-state index in [9.17, 15) is 8.42 Å². The Kier molecular flexibility index (Phi) is 4.50. The van der Waals surface area contributed by atoms with Gasteiger partial charge in [-0.25, -0.2) is 8.42 Å². The minimum absolute atomic E-state index is 0. The number of halogens is 2. The van der Waals surface area contributed by atoms with Gasteiger partial charge in [0.1, 0.15) is 0 Å². The molecule has 0 heterocycles. The van der Waals surface area contributed by atoms with Crippen LogP contribution in [0.4, 0.5) is 0 Å². The molecular formula is C7H15Cl2NO2S. The molecule has 0 spiro atoms. The summed E-state index contributed by atoms with van der Waals surface area (Å²) in [6.07, 6.45) is 2.97. The fourth-order valence-corrected chi connectivity index (χ4v) is 3.42. The van der Waals surface area contributed by atoms with E-state index in [1.807, 2.05) is 19.0 Å². The SMILES string of the molecule is CN(C)C1(CS(=O)(=O)Cl)CCC1.Cl. The third-order valence-corrected chi connectivity index (χ3v) is 3.88. The maximum absolute atomic E-state index is 10.9. The van der Waals surface area contributed by atoms with E-state index in [2.05, 4.69) is 0 Å². The summed E-state index contributed by atoms with van der Waals surface area (Å²) < 4.78 is 21.8.